The second-order valence-electron chi connectivity index (χ2n) is 3.57. The normalized spacial score (nSPS) is 11.5. The molecule has 102 valence electrons. The van der Waals surface area contributed by atoms with Crippen LogP contribution >= 0.6 is 0 Å². The number of hydrogen-bond acceptors (Lipinski definition) is 5. The van der Waals surface area contributed by atoms with Gasteiger partial charge in [0.1, 0.15) is 0 Å². The van der Waals surface area contributed by atoms with Crippen LogP contribution in [0.4, 0.5) is 5.69 Å². The number of carbonyl (C=O) groups is 3. The number of nitrogens with one attached hydrogen (secondary N) is 1. The fourth-order valence-electron chi connectivity index (χ4n) is 1.33. The summed E-state index contributed by atoms with van der Waals surface area (Å²) in [4.78, 5) is 33.9. The predicted octanol–water partition coefficient (Wildman–Crippen LogP) is 0.214. The number of carboxylic acid groups (broad SMARTS) is 1. The maximum atomic E-state index is 11.7. The fraction of sp³-hybridized carbons (Fsp3) is 0.250. The molecule has 7 heteroatoms. The van der Waals surface area contributed by atoms with E-state index < -0.39 is 23.9 Å². The maximum absolute atomic E-state index is 11.7. The quantitative estimate of drug-likeness (QED) is 0.518. The zero-order valence-electron chi connectivity index (χ0n) is 10.3. The summed E-state index contributed by atoms with van der Waals surface area (Å²) in [6.07, 6.45) is 0. The third-order valence-corrected chi connectivity index (χ3v) is 2.24. The van der Waals surface area contributed by atoms with Gasteiger partial charge in [-0.05, 0) is 19.1 Å². The molecule has 0 aliphatic rings. The summed E-state index contributed by atoms with van der Waals surface area (Å²) in [7, 11) is 0. The van der Waals surface area contributed by atoms with Gasteiger partial charge in [0.15, 0.2) is 6.04 Å². The van der Waals surface area contributed by atoms with Gasteiger partial charge in [0, 0.05) is 0 Å². The van der Waals surface area contributed by atoms with Crippen molar-refractivity contribution in [3.63, 3.8) is 0 Å². The van der Waals surface area contributed by atoms with Gasteiger partial charge in [-0.3, -0.25) is 4.79 Å². The third kappa shape index (κ3) is 3.78. The minimum Gasteiger partial charge on any atom is -0.478 e. The molecular weight excluding hydrogens is 252 g/mol. The van der Waals surface area contributed by atoms with Crippen molar-refractivity contribution >= 4 is 23.5 Å². The van der Waals surface area contributed by atoms with E-state index >= 15 is 0 Å². The SMILES string of the molecule is CCOC(=O)C(N)C(=O)Nc1ccccc1C(=O)O. The van der Waals surface area contributed by atoms with Crippen LogP contribution in [0.25, 0.3) is 0 Å². The van der Waals surface area contributed by atoms with Gasteiger partial charge in [-0.15, -0.1) is 0 Å². The van der Waals surface area contributed by atoms with E-state index in [1.807, 2.05) is 0 Å². The van der Waals surface area contributed by atoms with Gasteiger partial charge in [0.05, 0.1) is 17.9 Å². The van der Waals surface area contributed by atoms with E-state index in [1.54, 1.807) is 13.0 Å². The first-order chi connectivity index (χ1) is 8.97. The van der Waals surface area contributed by atoms with E-state index in [-0.39, 0.29) is 17.9 Å². The number of carbonyl (C=O) groups excluding carboxylic acids is 2. The third-order valence-electron chi connectivity index (χ3n) is 2.24. The highest BCUT2D eigenvalue weighted by Gasteiger charge is 2.24. The van der Waals surface area contributed by atoms with Crippen molar-refractivity contribution in [1.82, 2.24) is 0 Å². The van der Waals surface area contributed by atoms with Crippen LogP contribution in [0, 0.1) is 0 Å². The number of carboxylic acids is 1. The highest BCUT2D eigenvalue weighted by molar-refractivity contribution is 6.10. The highest BCUT2D eigenvalue weighted by atomic mass is 16.5. The monoisotopic (exact) mass is 266 g/mol. The molecule has 0 aliphatic carbocycles. The van der Waals surface area contributed by atoms with Crippen LogP contribution in [0.2, 0.25) is 0 Å². The second kappa shape index (κ2) is 6.50. The molecule has 7 nitrogen and oxygen atoms in total. The zero-order chi connectivity index (χ0) is 14.4. The highest BCUT2D eigenvalue weighted by Crippen LogP contribution is 2.15. The van der Waals surface area contributed by atoms with Crippen molar-refractivity contribution in [2.24, 2.45) is 5.73 Å². The van der Waals surface area contributed by atoms with Crippen LogP contribution in [0.3, 0.4) is 0 Å². The Morgan fingerprint density at radius 1 is 1.37 bits per heavy atom. The summed E-state index contributed by atoms with van der Waals surface area (Å²) in [6.45, 7) is 1.69. The lowest BCUT2D eigenvalue weighted by atomic mass is 10.1. The van der Waals surface area contributed by atoms with E-state index in [1.165, 1.54) is 18.2 Å². The van der Waals surface area contributed by atoms with Crippen molar-refractivity contribution in [2.75, 3.05) is 11.9 Å². The van der Waals surface area contributed by atoms with Gasteiger partial charge >= 0.3 is 11.9 Å². The molecule has 0 heterocycles. The maximum Gasteiger partial charge on any atom is 0.337 e. The molecule has 0 radical (unpaired) electrons. The minimum absolute atomic E-state index is 0.0692. The number of rotatable bonds is 5. The number of hydrogen-bond donors (Lipinski definition) is 3. The summed E-state index contributed by atoms with van der Waals surface area (Å²) in [5.74, 6) is -2.89. The lowest BCUT2D eigenvalue weighted by molar-refractivity contribution is -0.146. The lowest BCUT2D eigenvalue weighted by Crippen LogP contribution is -2.43. The first-order valence-corrected chi connectivity index (χ1v) is 5.52. The van der Waals surface area contributed by atoms with Gasteiger partial charge < -0.3 is 20.9 Å². The smallest absolute Gasteiger partial charge is 0.337 e. The van der Waals surface area contributed by atoms with Gasteiger partial charge in [-0.2, -0.15) is 0 Å². The zero-order valence-corrected chi connectivity index (χ0v) is 10.3. The molecule has 1 aromatic carbocycles. The van der Waals surface area contributed by atoms with Crippen molar-refractivity contribution < 1.29 is 24.2 Å². The van der Waals surface area contributed by atoms with E-state index in [0.717, 1.165) is 0 Å². The molecule has 0 spiro atoms. The van der Waals surface area contributed by atoms with Crippen molar-refractivity contribution in [2.45, 2.75) is 13.0 Å². The lowest BCUT2D eigenvalue weighted by Gasteiger charge is -2.12. The van der Waals surface area contributed by atoms with E-state index in [9.17, 15) is 14.4 Å². The Balaban J connectivity index is 2.83. The molecule has 0 fully saturated rings. The molecule has 0 bridgehead atoms. The molecule has 1 aromatic rings. The van der Waals surface area contributed by atoms with Gasteiger partial charge in [-0.25, -0.2) is 9.59 Å². The molecule has 0 saturated heterocycles. The Morgan fingerprint density at radius 3 is 2.58 bits per heavy atom. The first-order valence-electron chi connectivity index (χ1n) is 5.52. The van der Waals surface area contributed by atoms with Crippen LogP contribution < -0.4 is 11.1 Å². The standard InChI is InChI=1S/C12H14N2O5/c1-2-19-12(18)9(13)10(15)14-8-6-4-3-5-7(8)11(16)17/h3-6,9H,2,13H2,1H3,(H,14,15)(H,16,17). The number of nitrogens with two attached hydrogens (primary N) is 1. The Kier molecular flexibility index (Phi) is 5.01. The van der Waals surface area contributed by atoms with Crippen LogP contribution in [-0.2, 0) is 14.3 Å². The Labute approximate surface area is 109 Å². The molecule has 1 atom stereocenters. The molecule has 0 saturated carbocycles. The molecule has 4 N–H and O–H groups in total. The Morgan fingerprint density at radius 2 is 2.00 bits per heavy atom. The number of amides is 1. The number of para-hydroxylation sites is 1. The van der Waals surface area contributed by atoms with E-state index in [4.69, 9.17) is 10.8 Å². The summed E-state index contributed by atoms with van der Waals surface area (Å²) in [6, 6.07) is 4.30. The largest absolute Gasteiger partial charge is 0.478 e. The van der Waals surface area contributed by atoms with Crippen molar-refractivity contribution in [1.29, 1.82) is 0 Å². The molecular formula is C12H14N2O5. The van der Waals surface area contributed by atoms with Crippen LogP contribution in [0.15, 0.2) is 24.3 Å². The number of esters is 1. The van der Waals surface area contributed by atoms with Crippen LogP contribution in [0.5, 0.6) is 0 Å². The Bertz CT molecular complexity index is 501. The van der Waals surface area contributed by atoms with Gasteiger partial charge in [-0.1, -0.05) is 12.1 Å². The molecule has 1 rings (SSSR count). The first kappa shape index (κ1) is 14.7. The molecule has 0 aromatic heterocycles. The minimum atomic E-state index is -1.50. The second-order valence-corrected chi connectivity index (χ2v) is 3.57. The van der Waals surface area contributed by atoms with Crippen molar-refractivity contribution in [3.8, 4) is 0 Å². The summed E-state index contributed by atoms with van der Waals surface area (Å²) in [5, 5.41) is 11.2. The average molecular weight is 266 g/mol. The number of aromatic carboxylic acids is 1. The van der Waals surface area contributed by atoms with Gasteiger partial charge in [0.2, 0.25) is 0 Å². The molecule has 0 aliphatic heterocycles. The summed E-state index contributed by atoms with van der Waals surface area (Å²) >= 11 is 0. The topological polar surface area (TPSA) is 119 Å². The molecule has 19 heavy (non-hydrogen) atoms. The number of ether oxygens (including phenoxy) is 1. The van der Waals surface area contributed by atoms with E-state index in [2.05, 4.69) is 10.1 Å². The van der Waals surface area contributed by atoms with E-state index in [0.29, 0.717) is 0 Å². The van der Waals surface area contributed by atoms with Crippen LogP contribution in [0.1, 0.15) is 17.3 Å². The number of benzene rings is 1. The Hall–Kier alpha value is -2.41. The predicted molar refractivity (Wildman–Crippen MR) is 66.6 cm³/mol. The van der Waals surface area contributed by atoms with Crippen molar-refractivity contribution in [3.05, 3.63) is 29.8 Å². The average Bonchev–Trinajstić information content (AvgIpc) is 2.38. The fourth-order valence-corrected chi connectivity index (χ4v) is 1.33. The van der Waals surface area contributed by atoms with Crippen LogP contribution in [-0.4, -0.2) is 35.6 Å². The summed E-state index contributed by atoms with van der Waals surface area (Å²) in [5.41, 5.74) is 5.37. The number of anilines is 1. The van der Waals surface area contributed by atoms with Gasteiger partial charge in [0.25, 0.3) is 5.91 Å². The molecule has 1 unspecified atom stereocenters. The molecule has 1 amide bonds. The summed E-state index contributed by atoms with van der Waals surface area (Å²) < 4.78 is 4.60.